The first-order valence-electron chi connectivity index (χ1n) is 14.6. The zero-order chi connectivity index (χ0) is 28.2. The van der Waals surface area contributed by atoms with Crippen molar-refractivity contribution in [3.8, 4) is 22.4 Å². The molecule has 3 aromatic rings. The Morgan fingerprint density at radius 1 is 0.684 bits per heavy atom. The number of nitrogens with zero attached hydrogens (tertiary/aromatic N) is 1. The summed E-state index contributed by atoms with van der Waals surface area (Å²) >= 11 is 0. The van der Waals surface area contributed by atoms with Crippen molar-refractivity contribution in [2.24, 2.45) is 7.05 Å². The van der Waals surface area contributed by atoms with Crippen LogP contribution in [-0.4, -0.2) is 32.3 Å². The highest BCUT2D eigenvalue weighted by Crippen LogP contribution is 2.37. The fraction of sp³-hybridized carbons (Fsp3) is 0.485. The van der Waals surface area contributed by atoms with Crippen molar-refractivity contribution in [2.45, 2.75) is 96.8 Å². The standard InChI is InChI=1S/C33H50NSi4/c1-23-14-15-24(18-26(23)27-17-16-25(20-34(27)5)33(2,3)4)30-31-28(35(6,7)21-37(31,10)11)19-29-32(30)38(12,13)22-36(29,8)9/h14-20H,21-22H2,1-13H3/q+1. The first kappa shape index (κ1) is 28.0. The molecule has 2 aliphatic rings. The van der Waals surface area contributed by atoms with Gasteiger partial charge in [-0.2, -0.15) is 0 Å². The highest BCUT2D eigenvalue weighted by molar-refractivity contribution is 7.18. The van der Waals surface area contributed by atoms with Crippen LogP contribution in [0.2, 0.25) is 63.7 Å². The second-order valence-electron chi connectivity index (χ2n) is 16.2. The van der Waals surface area contributed by atoms with Gasteiger partial charge in [0.2, 0.25) is 5.69 Å². The highest BCUT2D eigenvalue weighted by Gasteiger charge is 2.52. The van der Waals surface area contributed by atoms with E-state index in [0.29, 0.717) is 0 Å². The number of aromatic nitrogens is 1. The number of benzene rings is 2. The maximum absolute atomic E-state index is 2.82. The Morgan fingerprint density at radius 2 is 1.21 bits per heavy atom. The van der Waals surface area contributed by atoms with Gasteiger partial charge in [-0.25, -0.2) is 4.57 Å². The molecule has 0 saturated heterocycles. The third-order valence-corrected chi connectivity index (χ3v) is 31.8. The Balaban J connectivity index is 1.83. The molecule has 0 radical (unpaired) electrons. The summed E-state index contributed by atoms with van der Waals surface area (Å²) in [6.07, 6.45) is 2.34. The molecule has 0 saturated carbocycles. The summed E-state index contributed by atoms with van der Waals surface area (Å²) < 4.78 is 2.36. The Labute approximate surface area is 236 Å². The lowest BCUT2D eigenvalue weighted by molar-refractivity contribution is -0.661. The lowest BCUT2D eigenvalue weighted by Gasteiger charge is -2.29. The number of fused-ring (bicyclic) bond motifs is 2. The average molecular weight is 573 g/mol. The van der Waals surface area contributed by atoms with Gasteiger partial charge < -0.3 is 0 Å². The fourth-order valence-corrected chi connectivity index (χ4v) is 39.5. The van der Waals surface area contributed by atoms with Gasteiger partial charge in [0.15, 0.2) is 6.20 Å². The van der Waals surface area contributed by atoms with Crippen molar-refractivity contribution in [2.75, 3.05) is 0 Å². The predicted molar refractivity (Wildman–Crippen MR) is 180 cm³/mol. The van der Waals surface area contributed by atoms with Crippen LogP contribution in [-0.2, 0) is 12.5 Å². The van der Waals surface area contributed by atoms with Crippen LogP contribution in [0.1, 0.15) is 31.9 Å². The first-order valence-corrected chi connectivity index (χ1v) is 27.4. The molecule has 0 atom stereocenters. The van der Waals surface area contributed by atoms with Crippen LogP contribution in [0.4, 0.5) is 0 Å². The van der Waals surface area contributed by atoms with E-state index in [0.717, 1.165) is 0 Å². The predicted octanol–water partition coefficient (Wildman–Crippen LogP) is 6.22. The molecule has 2 aliphatic heterocycles. The van der Waals surface area contributed by atoms with E-state index in [-0.39, 0.29) is 5.41 Å². The zero-order valence-electron chi connectivity index (χ0n) is 26.4. The molecule has 0 unspecified atom stereocenters. The van der Waals surface area contributed by atoms with Crippen LogP contribution in [0.25, 0.3) is 22.4 Å². The maximum atomic E-state index is 2.82. The van der Waals surface area contributed by atoms with Crippen LogP contribution < -0.4 is 25.3 Å². The summed E-state index contributed by atoms with van der Waals surface area (Å²) in [5.41, 5.74) is 11.8. The number of pyridine rings is 1. The van der Waals surface area contributed by atoms with Gasteiger partial charge in [-0.15, -0.1) is 0 Å². The summed E-state index contributed by atoms with van der Waals surface area (Å²) in [6, 6.07) is 15.0. The molecule has 1 aromatic heterocycles. The highest BCUT2D eigenvalue weighted by atomic mass is 28.4. The zero-order valence-corrected chi connectivity index (χ0v) is 30.4. The van der Waals surface area contributed by atoms with Crippen LogP contribution in [0.3, 0.4) is 0 Å². The summed E-state index contributed by atoms with van der Waals surface area (Å²) in [4.78, 5) is 0. The Morgan fingerprint density at radius 3 is 1.68 bits per heavy atom. The average Bonchev–Trinajstić information content (AvgIpc) is 3.07. The van der Waals surface area contributed by atoms with Crippen LogP contribution in [0.5, 0.6) is 0 Å². The fourth-order valence-electron chi connectivity index (χ4n) is 8.41. The van der Waals surface area contributed by atoms with Crippen molar-refractivity contribution in [3.05, 3.63) is 53.7 Å². The molecule has 3 heterocycles. The first-order chi connectivity index (χ1) is 17.3. The van der Waals surface area contributed by atoms with Gasteiger partial charge in [0, 0.05) is 17.2 Å². The summed E-state index contributed by atoms with van der Waals surface area (Å²) in [7, 11) is -3.71. The molecule has 38 heavy (non-hydrogen) atoms. The van der Waals surface area contributed by atoms with Crippen molar-refractivity contribution < 1.29 is 4.57 Å². The lowest BCUT2D eigenvalue weighted by atomic mass is 9.87. The molecule has 2 aromatic carbocycles. The smallest absolute Gasteiger partial charge is 0.201 e. The van der Waals surface area contributed by atoms with E-state index in [1.807, 2.05) is 20.7 Å². The molecule has 0 spiro atoms. The van der Waals surface area contributed by atoms with E-state index in [4.69, 9.17) is 0 Å². The quantitative estimate of drug-likeness (QED) is 0.254. The molecule has 0 bridgehead atoms. The summed E-state index contributed by atoms with van der Waals surface area (Å²) in [6.45, 7) is 30.5. The summed E-state index contributed by atoms with van der Waals surface area (Å²) in [5, 5.41) is 7.36. The van der Waals surface area contributed by atoms with Crippen molar-refractivity contribution >= 4 is 53.0 Å². The van der Waals surface area contributed by atoms with E-state index in [1.165, 1.54) is 39.3 Å². The lowest BCUT2D eigenvalue weighted by Crippen LogP contribution is -2.57. The molecule has 0 N–H and O–H groups in total. The molecule has 5 rings (SSSR count). The number of hydrogen-bond donors (Lipinski definition) is 0. The number of aryl methyl sites for hydroxylation is 2. The Bertz CT molecular complexity index is 1420. The molecule has 0 fully saturated rings. The molecule has 0 aliphatic carbocycles. The molecule has 5 heteroatoms. The number of hydrogen-bond acceptors (Lipinski definition) is 0. The van der Waals surface area contributed by atoms with Crippen LogP contribution in [0, 0.1) is 6.92 Å². The minimum Gasteiger partial charge on any atom is -0.201 e. The third kappa shape index (κ3) is 4.32. The van der Waals surface area contributed by atoms with Gasteiger partial charge in [0.1, 0.15) is 7.05 Å². The molecular formula is C33H50NSi4+. The van der Waals surface area contributed by atoms with Crippen molar-refractivity contribution in [3.63, 3.8) is 0 Å². The van der Waals surface area contributed by atoms with E-state index in [9.17, 15) is 0 Å². The van der Waals surface area contributed by atoms with Crippen LogP contribution in [0.15, 0.2) is 42.6 Å². The van der Waals surface area contributed by atoms with Gasteiger partial charge >= 0.3 is 0 Å². The maximum Gasteiger partial charge on any atom is 0.212 e. The summed E-state index contributed by atoms with van der Waals surface area (Å²) in [5.74, 6) is 0. The third-order valence-electron chi connectivity index (χ3n) is 9.71. The molecule has 202 valence electrons. The second kappa shape index (κ2) is 8.48. The Kier molecular flexibility index (Phi) is 6.25. The van der Waals surface area contributed by atoms with Crippen molar-refractivity contribution in [1.82, 2.24) is 0 Å². The minimum atomic E-state index is -1.53. The topological polar surface area (TPSA) is 3.88 Å². The molecular weight excluding hydrogens is 523 g/mol. The van der Waals surface area contributed by atoms with Gasteiger partial charge in [-0.05, 0) is 41.2 Å². The van der Waals surface area contributed by atoms with Crippen LogP contribution >= 0.6 is 0 Å². The van der Waals surface area contributed by atoms with E-state index in [2.05, 4.69) is 134 Å². The monoisotopic (exact) mass is 572 g/mol. The van der Waals surface area contributed by atoms with Gasteiger partial charge in [-0.1, -0.05) is 123 Å². The normalized spacial score (nSPS) is 20.3. The Hall–Kier alpha value is -1.54. The second-order valence-corrected chi connectivity index (χ2v) is 36.2. The molecule has 1 nitrogen and oxygen atoms in total. The van der Waals surface area contributed by atoms with E-state index in [1.54, 1.807) is 5.56 Å². The van der Waals surface area contributed by atoms with Gasteiger partial charge in [0.05, 0.1) is 32.3 Å². The molecule has 0 amide bonds. The minimum absolute atomic E-state index is 0.151. The SMILES string of the molecule is Cc1ccc(-c2c3c(cc4c2[Si](C)(C)C[Si]4(C)C)[Si](C)(C)C[Si]3(C)C)cc1-c1ccc(C(C)(C)C)c[n+]1C. The van der Waals surface area contributed by atoms with Gasteiger partial charge in [-0.3, -0.25) is 0 Å². The van der Waals surface area contributed by atoms with E-state index >= 15 is 0 Å². The van der Waals surface area contributed by atoms with Gasteiger partial charge in [0.25, 0.3) is 0 Å². The largest absolute Gasteiger partial charge is 0.212 e. The van der Waals surface area contributed by atoms with E-state index < -0.39 is 32.3 Å². The van der Waals surface area contributed by atoms with Crippen molar-refractivity contribution in [1.29, 1.82) is 0 Å². The number of rotatable bonds is 2.